The van der Waals surface area contributed by atoms with Gasteiger partial charge in [0.2, 0.25) is 17.8 Å². The summed E-state index contributed by atoms with van der Waals surface area (Å²) in [7, 11) is 1.59. The van der Waals surface area contributed by atoms with Crippen molar-refractivity contribution in [3.8, 4) is 22.6 Å². The highest BCUT2D eigenvalue weighted by atomic mass is 19.1. The third-order valence-corrected chi connectivity index (χ3v) is 9.20. The number of hydrogen-bond acceptors (Lipinski definition) is 9. The topological polar surface area (TPSA) is 132 Å². The Hall–Kier alpha value is -5.27. The van der Waals surface area contributed by atoms with Crippen LogP contribution in [-0.2, 0) is 14.3 Å². The van der Waals surface area contributed by atoms with E-state index < -0.39 is 11.4 Å². The van der Waals surface area contributed by atoms with Crippen molar-refractivity contribution >= 4 is 34.1 Å². The van der Waals surface area contributed by atoms with Crippen LogP contribution in [0.5, 0.6) is 0 Å². The van der Waals surface area contributed by atoms with Crippen molar-refractivity contribution in [2.75, 3.05) is 69.7 Å². The maximum Gasteiger partial charge on any atom is 0.236 e. The van der Waals surface area contributed by atoms with Crippen LogP contribution >= 0.6 is 0 Å². The quantitative estimate of drug-likeness (QED) is 0.229. The Morgan fingerprint density at radius 1 is 0.958 bits per heavy atom. The zero-order valence-electron chi connectivity index (χ0n) is 26.6. The number of rotatable bonds is 9. The van der Waals surface area contributed by atoms with Gasteiger partial charge in [-0.05, 0) is 73.6 Å². The van der Waals surface area contributed by atoms with Gasteiger partial charge in [0.05, 0.1) is 24.1 Å². The summed E-state index contributed by atoms with van der Waals surface area (Å²) >= 11 is 0. The van der Waals surface area contributed by atoms with E-state index in [2.05, 4.69) is 52.4 Å². The highest BCUT2D eigenvalue weighted by Gasteiger charge is 2.45. The molecule has 2 aromatic carbocycles. The SMILES string of the molecule is COC[C@@]1(C(=O)Nc2ccc3[nH]nc(-c4ccc(F)nc4)c3c2)CCN(CC(=O)N2CCN(c3ccc(-c4ncccn4)cc3)CC2)C1. The molecule has 2 aliphatic heterocycles. The van der Waals surface area contributed by atoms with Crippen LogP contribution in [0.1, 0.15) is 6.42 Å². The molecule has 0 unspecified atom stereocenters. The summed E-state index contributed by atoms with van der Waals surface area (Å²) in [5.41, 5.74) is 3.92. The van der Waals surface area contributed by atoms with Gasteiger partial charge in [-0.1, -0.05) is 0 Å². The molecule has 0 aliphatic carbocycles. The molecule has 5 heterocycles. The maximum absolute atomic E-state index is 13.8. The lowest BCUT2D eigenvalue weighted by Crippen LogP contribution is -2.51. The van der Waals surface area contributed by atoms with E-state index in [-0.39, 0.29) is 25.0 Å². The number of likely N-dealkylation sites (tertiary alicyclic amines) is 1. The number of carbonyl (C=O) groups is 2. The van der Waals surface area contributed by atoms with E-state index in [4.69, 9.17) is 4.74 Å². The number of halogens is 1. The number of amides is 2. The number of pyridine rings is 1. The Morgan fingerprint density at radius 2 is 1.73 bits per heavy atom. The molecule has 0 radical (unpaired) electrons. The first-order valence-electron chi connectivity index (χ1n) is 15.9. The third kappa shape index (κ3) is 6.46. The minimum Gasteiger partial charge on any atom is -0.384 e. The van der Waals surface area contributed by atoms with Gasteiger partial charge in [0.25, 0.3) is 0 Å². The summed E-state index contributed by atoms with van der Waals surface area (Å²) in [4.78, 5) is 45.8. The number of nitrogens with one attached hydrogen (secondary N) is 2. The first-order valence-corrected chi connectivity index (χ1v) is 15.9. The number of ether oxygens (including phenoxy) is 1. The number of aromatic nitrogens is 5. The zero-order valence-corrected chi connectivity index (χ0v) is 26.6. The summed E-state index contributed by atoms with van der Waals surface area (Å²) in [5.74, 6) is 0.0281. The summed E-state index contributed by atoms with van der Waals surface area (Å²) in [6.45, 7) is 4.25. The lowest BCUT2D eigenvalue weighted by molar-refractivity contribution is -0.133. The molecule has 2 fully saturated rings. The Kier molecular flexibility index (Phi) is 8.78. The molecular weight excluding hydrogens is 613 g/mol. The number of methoxy groups -OCH3 is 1. The van der Waals surface area contributed by atoms with Crippen LogP contribution in [0.4, 0.5) is 15.8 Å². The van der Waals surface area contributed by atoms with Crippen LogP contribution < -0.4 is 10.2 Å². The van der Waals surface area contributed by atoms with E-state index in [1.54, 1.807) is 31.6 Å². The molecule has 246 valence electrons. The summed E-state index contributed by atoms with van der Waals surface area (Å²) in [5, 5.41) is 11.2. The Labute approximate surface area is 277 Å². The molecule has 2 amide bonds. The normalized spacial score (nSPS) is 18.4. The smallest absolute Gasteiger partial charge is 0.236 e. The second-order valence-electron chi connectivity index (χ2n) is 12.3. The lowest BCUT2D eigenvalue weighted by Gasteiger charge is -2.37. The van der Waals surface area contributed by atoms with E-state index in [1.807, 2.05) is 35.2 Å². The number of hydrogen-bond donors (Lipinski definition) is 2. The van der Waals surface area contributed by atoms with Crippen molar-refractivity contribution in [3.63, 3.8) is 0 Å². The molecule has 0 bridgehead atoms. The minimum absolute atomic E-state index is 0.0630. The van der Waals surface area contributed by atoms with Gasteiger partial charge >= 0.3 is 0 Å². The van der Waals surface area contributed by atoms with Crippen LogP contribution in [0.2, 0.25) is 0 Å². The predicted octanol–water partition coefficient (Wildman–Crippen LogP) is 3.85. The molecule has 5 aromatic rings. The fourth-order valence-corrected chi connectivity index (χ4v) is 6.60. The average molecular weight is 650 g/mol. The molecule has 7 rings (SSSR count). The van der Waals surface area contributed by atoms with Crippen LogP contribution in [0.25, 0.3) is 33.5 Å². The minimum atomic E-state index is -0.806. The first kappa shape index (κ1) is 31.3. The molecule has 2 N–H and O–H groups in total. The van der Waals surface area contributed by atoms with E-state index in [9.17, 15) is 14.0 Å². The highest BCUT2D eigenvalue weighted by molar-refractivity contribution is 6.00. The van der Waals surface area contributed by atoms with Gasteiger partial charge in [0, 0.05) is 86.3 Å². The zero-order chi connectivity index (χ0) is 33.1. The van der Waals surface area contributed by atoms with Crippen molar-refractivity contribution in [2.24, 2.45) is 5.41 Å². The number of aromatic amines is 1. The summed E-state index contributed by atoms with van der Waals surface area (Å²) in [6, 6.07) is 18.4. The van der Waals surface area contributed by atoms with Crippen molar-refractivity contribution < 1.29 is 18.7 Å². The molecule has 12 nitrogen and oxygen atoms in total. The van der Waals surface area contributed by atoms with Crippen molar-refractivity contribution in [1.29, 1.82) is 0 Å². The Bertz CT molecular complexity index is 1890. The van der Waals surface area contributed by atoms with Crippen molar-refractivity contribution in [3.05, 3.63) is 85.2 Å². The second-order valence-corrected chi connectivity index (χ2v) is 12.3. The predicted molar refractivity (Wildman–Crippen MR) is 180 cm³/mol. The fraction of sp³-hybridized carbons (Fsp3) is 0.314. The van der Waals surface area contributed by atoms with Gasteiger partial charge in [0.15, 0.2) is 5.82 Å². The van der Waals surface area contributed by atoms with Crippen molar-refractivity contribution in [2.45, 2.75) is 6.42 Å². The number of piperazine rings is 1. The van der Waals surface area contributed by atoms with Crippen molar-refractivity contribution in [1.82, 2.24) is 34.9 Å². The maximum atomic E-state index is 13.8. The van der Waals surface area contributed by atoms with Gasteiger partial charge in [-0.15, -0.1) is 0 Å². The highest BCUT2D eigenvalue weighted by Crippen LogP contribution is 2.34. The monoisotopic (exact) mass is 649 g/mol. The van der Waals surface area contributed by atoms with E-state index in [0.29, 0.717) is 55.4 Å². The van der Waals surface area contributed by atoms with Gasteiger partial charge in [0.1, 0.15) is 5.69 Å². The average Bonchev–Trinajstić information content (AvgIpc) is 3.74. The molecule has 2 aliphatic rings. The Balaban J connectivity index is 0.953. The molecule has 48 heavy (non-hydrogen) atoms. The first-order chi connectivity index (χ1) is 23.4. The van der Waals surface area contributed by atoms with E-state index >= 15 is 0 Å². The van der Waals surface area contributed by atoms with Crippen LogP contribution in [0.15, 0.2) is 79.3 Å². The van der Waals surface area contributed by atoms with Crippen LogP contribution in [-0.4, -0.2) is 106 Å². The van der Waals surface area contributed by atoms with Gasteiger partial charge in [-0.3, -0.25) is 19.6 Å². The number of carbonyl (C=O) groups excluding carboxylic acids is 2. The van der Waals surface area contributed by atoms with E-state index in [1.165, 1.54) is 12.3 Å². The third-order valence-electron chi connectivity index (χ3n) is 9.20. The largest absolute Gasteiger partial charge is 0.384 e. The molecule has 0 spiro atoms. The summed E-state index contributed by atoms with van der Waals surface area (Å²) in [6.07, 6.45) is 5.46. The van der Waals surface area contributed by atoms with Gasteiger partial charge in [-0.25, -0.2) is 15.0 Å². The standard InChI is InChI=1S/C35H36FN9O3/c1-48-23-35(34(47)40-26-6-9-29-28(19-26)32(42-41-29)25-5-10-30(36)39-20-25)11-14-43(22-35)21-31(46)45-17-15-44(16-18-45)27-7-3-24(4-8-27)33-37-12-2-13-38-33/h2-10,12-13,19-20H,11,14-18,21-23H2,1H3,(H,40,47)(H,41,42)/t35-/m1/s1. The number of nitrogens with zero attached hydrogens (tertiary/aromatic N) is 7. The number of fused-ring (bicyclic) bond motifs is 1. The molecule has 0 saturated carbocycles. The second kappa shape index (κ2) is 13.5. The lowest BCUT2D eigenvalue weighted by atomic mass is 9.87. The summed E-state index contributed by atoms with van der Waals surface area (Å²) < 4.78 is 18.9. The van der Waals surface area contributed by atoms with Gasteiger partial charge < -0.3 is 19.9 Å². The molecule has 2 saturated heterocycles. The fourth-order valence-electron chi connectivity index (χ4n) is 6.60. The molecule has 13 heteroatoms. The van der Waals surface area contributed by atoms with E-state index in [0.717, 1.165) is 35.2 Å². The van der Waals surface area contributed by atoms with Gasteiger partial charge in [-0.2, -0.15) is 9.49 Å². The van der Waals surface area contributed by atoms with Crippen LogP contribution in [0.3, 0.4) is 0 Å². The molecule has 3 aromatic heterocycles. The molecule has 1 atom stereocenters. The molecular formula is C35H36FN9O3. The number of benzene rings is 2. The Morgan fingerprint density at radius 3 is 2.46 bits per heavy atom. The number of H-pyrrole nitrogens is 1. The number of anilines is 2. The van der Waals surface area contributed by atoms with Crippen LogP contribution in [0, 0.1) is 11.4 Å².